The molecular weight excluding hydrogens is 324 g/mol. The van der Waals surface area contributed by atoms with Crippen molar-refractivity contribution in [2.24, 2.45) is 0 Å². The minimum atomic E-state index is -0.555. The average Bonchev–Trinajstić information content (AvgIpc) is 2.54. The third-order valence-electron chi connectivity index (χ3n) is 3.83. The number of rotatable bonds is 5. The lowest BCUT2D eigenvalue weighted by Gasteiger charge is -2.26. The molecule has 0 aromatic heterocycles. The highest BCUT2D eigenvalue weighted by molar-refractivity contribution is 5.95. The van der Waals surface area contributed by atoms with Crippen LogP contribution in [0.5, 0.6) is 0 Å². The zero-order chi connectivity index (χ0) is 18.6. The van der Waals surface area contributed by atoms with E-state index in [-0.39, 0.29) is 24.5 Å². The molecule has 7 heteroatoms. The van der Waals surface area contributed by atoms with Crippen LogP contribution in [0.3, 0.4) is 0 Å². The maximum atomic E-state index is 12.3. The number of benzene rings is 1. The molecule has 2 amide bonds. The van der Waals surface area contributed by atoms with Gasteiger partial charge < -0.3 is 20.1 Å². The van der Waals surface area contributed by atoms with Gasteiger partial charge in [-0.1, -0.05) is 17.7 Å². The molecule has 0 bridgehead atoms. The highest BCUT2D eigenvalue weighted by atomic mass is 16.5. The smallest absolute Gasteiger partial charge is 0.338 e. The SMILES string of the molecule is CCOC(=O)C1=C(COC(=O)c2cc(C)ccc2C)NC(=O)N[C@H]1C. The van der Waals surface area contributed by atoms with Gasteiger partial charge >= 0.3 is 18.0 Å². The van der Waals surface area contributed by atoms with Crippen LogP contribution in [0.4, 0.5) is 4.79 Å². The zero-order valence-electron chi connectivity index (χ0n) is 14.8. The first kappa shape index (κ1) is 18.5. The monoisotopic (exact) mass is 346 g/mol. The van der Waals surface area contributed by atoms with E-state index < -0.39 is 24.0 Å². The van der Waals surface area contributed by atoms with Crippen molar-refractivity contribution in [1.29, 1.82) is 0 Å². The molecule has 1 aromatic carbocycles. The van der Waals surface area contributed by atoms with Crippen molar-refractivity contribution in [3.8, 4) is 0 Å². The number of ether oxygens (including phenoxy) is 2. The Labute approximate surface area is 146 Å². The minimum Gasteiger partial charge on any atom is -0.463 e. The summed E-state index contributed by atoms with van der Waals surface area (Å²) in [6.45, 7) is 7.03. The summed E-state index contributed by atoms with van der Waals surface area (Å²) in [5.74, 6) is -1.07. The predicted octanol–water partition coefficient (Wildman–Crippen LogP) is 1.98. The van der Waals surface area contributed by atoms with Crippen LogP contribution >= 0.6 is 0 Å². The standard InChI is InChI=1S/C18H22N2O5/c1-5-24-17(22)15-12(4)19-18(23)20-14(15)9-25-16(21)13-8-10(2)6-7-11(13)3/h6-8,12H,5,9H2,1-4H3,(H2,19,20,23)/t12-/m0/s1. The quantitative estimate of drug-likeness (QED) is 0.795. The zero-order valence-corrected chi connectivity index (χ0v) is 14.8. The molecule has 0 saturated carbocycles. The van der Waals surface area contributed by atoms with Crippen LogP contribution in [-0.2, 0) is 14.3 Å². The van der Waals surface area contributed by atoms with Crippen molar-refractivity contribution in [1.82, 2.24) is 10.6 Å². The van der Waals surface area contributed by atoms with Gasteiger partial charge in [-0.2, -0.15) is 0 Å². The first-order valence-corrected chi connectivity index (χ1v) is 8.05. The first-order valence-electron chi connectivity index (χ1n) is 8.05. The molecule has 2 rings (SSSR count). The lowest BCUT2D eigenvalue weighted by atomic mass is 10.0. The Balaban J connectivity index is 2.21. The van der Waals surface area contributed by atoms with Gasteiger partial charge in [0, 0.05) is 0 Å². The summed E-state index contributed by atoms with van der Waals surface area (Å²) in [6, 6.07) is 4.48. The van der Waals surface area contributed by atoms with Gasteiger partial charge in [0.1, 0.15) is 6.61 Å². The summed E-state index contributed by atoms with van der Waals surface area (Å²) in [6.07, 6.45) is 0. The Bertz CT molecular complexity index is 739. The predicted molar refractivity (Wildman–Crippen MR) is 91.0 cm³/mol. The molecule has 134 valence electrons. The number of amides is 2. The van der Waals surface area contributed by atoms with Crippen LogP contribution in [-0.4, -0.2) is 37.2 Å². The Morgan fingerprint density at radius 3 is 2.56 bits per heavy atom. The molecule has 7 nitrogen and oxygen atoms in total. The summed E-state index contributed by atoms with van der Waals surface area (Å²) < 4.78 is 10.3. The molecule has 0 unspecified atom stereocenters. The molecule has 0 radical (unpaired) electrons. The summed E-state index contributed by atoms with van der Waals surface area (Å²) in [7, 11) is 0. The van der Waals surface area contributed by atoms with Crippen molar-refractivity contribution in [3.05, 3.63) is 46.2 Å². The lowest BCUT2D eigenvalue weighted by molar-refractivity contribution is -0.139. The molecule has 0 fully saturated rings. The molecule has 2 N–H and O–H groups in total. The summed E-state index contributed by atoms with van der Waals surface area (Å²) in [4.78, 5) is 36.1. The molecule has 1 aliphatic heterocycles. The van der Waals surface area contributed by atoms with Crippen LogP contribution < -0.4 is 10.6 Å². The van der Waals surface area contributed by atoms with E-state index in [9.17, 15) is 14.4 Å². The van der Waals surface area contributed by atoms with Crippen LogP contribution in [0.2, 0.25) is 0 Å². The van der Waals surface area contributed by atoms with E-state index >= 15 is 0 Å². The first-order chi connectivity index (χ1) is 11.8. The van der Waals surface area contributed by atoms with Gasteiger partial charge in [0.15, 0.2) is 0 Å². The van der Waals surface area contributed by atoms with Crippen LogP contribution in [0.1, 0.15) is 35.3 Å². The largest absolute Gasteiger partial charge is 0.463 e. The van der Waals surface area contributed by atoms with Crippen molar-refractivity contribution in [2.75, 3.05) is 13.2 Å². The number of esters is 2. The van der Waals surface area contributed by atoms with Gasteiger partial charge in [-0.25, -0.2) is 14.4 Å². The molecule has 0 spiro atoms. The molecular formula is C18H22N2O5. The molecule has 0 aliphatic carbocycles. The van der Waals surface area contributed by atoms with Gasteiger partial charge in [-0.15, -0.1) is 0 Å². The molecule has 1 aromatic rings. The minimum absolute atomic E-state index is 0.207. The summed E-state index contributed by atoms with van der Waals surface area (Å²) >= 11 is 0. The van der Waals surface area contributed by atoms with E-state index in [1.54, 1.807) is 19.9 Å². The van der Waals surface area contributed by atoms with Gasteiger partial charge in [-0.3, -0.25) is 0 Å². The van der Waals surface area contributed by atoms with Gasteiger partial charge in [-0.05, 0) is 39.3 Å². The third-order valence-corrected chi connectivity index (χ3v) is 3.83. The maximum Gasteiger partial charge on any atom is 0.338 e. The van der Waals surface area contributed by atoms with Crippen molar-refractivity contribution in [3.63, 3.8) is 0 Å². The lowest BCUT2D eigenvalue weighted by Crippen LogP contribution is -2.50. The van der Waals surface area contributed by atoms with E-state index in [0.717, 1.165) is 11.1 Å². The van der Waals surface area contributed by atoms with E-state index in [1.165, 1.54) is 0 Å². The van der Waals surface area contributed by atoms with E-state index in [0.29, 0.717) is 5.56 Å². The number of hydrogen-bond acceptors (Lipinski definition) is 5. The number of carbonyl (C=O) groups is 3. The van der Waals surface area contributed by atoms with Gasteiger partial charge in [0.05, 0.1) is 29.5 Å². The number of urea groups is 1. The molecule has 1 aliphatic rings. The molecule has 1 heterocycles. The Hall–Kier alpha value is -2.83. The van der Waals surface area contributed by atoms with Crippen LogP contribution in [0.15, 0.2) is 29.5 Å². The molecule has 1 atom stereocenters. The third kappa shape index (κ3) is 4.37. The fourth-order valence-corrected chi connectivity index (χ4v) is 2.56. The number of hydrogen-bond donors (Lipinski definition) is 2. The fraction of sp³-hybridized carbons (Fsp3) is 0.389. The molecule has 0 saturated heterocycles. The van der Waals surface area contributed by atoms with Crippen LogP contribution in [0, 0.1) is 13.8 Å². The molecule has 25 heavy (non-hydrogen) atoms. The summed E-state index contributed by atoms with van der Waals surface area (Å²) in [5, 5.41) is 5.11. The van der Waals surface area contributed by atoms with Gasteiger partial charge in [0.2, 0.25) is 0 Å². The summed E-state index contributed by atoms with van der Waals surface area (Å²) in [5.41, 5.74) is 2.65. The average molecular weight is 346 g/mol. The van der Waals surface area contributed by atoms with Gasteiger partial charge in [0.25, 0.3) is 0 Å². The second kappa shape index (κ2) is 7.83. The number of carbonyl (C=O) groups excluding carboxylic acids is 3. The topological polar surface area (TPSA) is 93.7 Å². The second-order valence-corrected chi connectivity index (χ2v) is 5.83. The van der Waals surface area contributed by atoms with Crippen molar-refractivity contribution < 1.29 is 23.9 Å². The fourth-order valence-electron chi connectivity index (χ4n) is 2.56. The van der Waals surface area contributed by atoms with E-state index in [1.807, 2.05) is 26.0 Å². The Kier molecular flexibility index (Phi) is 5.80. The van der Waals surface area contributed by atoms with Crippen molar-refractivity contribution >= 4 is 18.0 Å². The Morgan fingerprint density at radius 1 is 1.16 bits per heavy atom. The van der Waals surface area contributed by atoms with E-state index in [2.05, 4.69) is 10.6 Å². The normalized spacial score (nSPS) is 16.8. The van der Waals surface area contributed by atoms with Crippen molar-refractivity contribution in [2.45, 2.75) is 33.7 Å². The highest BCUT2D eigenvalue weighted by Gasteiger charge is 2.30. The second-order valence-electron chi connectivity index (χ2n) is 5.83. The number of aryl methyl sites for hydroxylation is 2. The van der Waals surface area contributed by atoms with E-state index in [4.69, 9.17) is 9.47 Å². The highest BCUT2D eigenvalue weighted by Crippen LogP contribution is 2.16. The number of nitrogens with one attached hydrogen (secondary N) is 2. The maximum absolute atomic E-state index is 12.3. The van der Waals surface area contributed by atoms with Crippen LogP contribution in [0.25, 0.3) is 0 Å². The Morgan fingerprint density at radius 2 is 1.88 bits per heavy atom.